The quantitative estimate of drug-likeness (QED) is 0.794. The molecule has 0 atom stereocenters. The molecule has 5 heteroatoms. The van der Waals surface area contributed by atoms with Crippen molar-refractivity contribution in [3.8, 4) is 0 Å². The summed E-state index contributed by atoms with van der Waals surface area (Å²) >= 11 is 5.88. The van der Waals surface area contributed by atoms with Gasteiger partial charge >= 0.3 is 0 Å². The fourth-order valence-electron chi connectivity index (χ4n) is 1.25. The van der Waals surface area contributed by atoms with Crippen LogP contribution < -0.4 is 5.73 Å². The van der Waals surface area contributed by atoms with E-state index in [4.69, 9.17) is 17.3 Å². The van der Waals surface area contributed by atoms with E-state index in [9.17, 15) is 0 Å². The van der Waals surface area contributed by atoms with Gasteiger partial charge in [0.15, 0.2) is 0 Å². The van der Waals surface area contributed by atoms with Gasteiger partial charge in [0.2, 0.25) is 0 Å². The number of rotatable bonds is 5. The summed E-state index contributed by atoms with van der Waals surface area (Å²) in [5, 5.41) is 0.673. The van der Waals surface area contributed by atoms with Crippen molar-refractivity contribution in [2.45, 2.75) is 13.0 Å². The van der Waals surface area contributed by atoms with Crippen molar-refractivity contribution >= 4 is 11.6 Å². The Balaban J connectivity index is 2.47. The molecule has 0 bridgehead atoms. The summed E-state index contributed by atoms with van der Waals surface area (Å²) in [6, 6.07) is 0. The first-order valence-corrected chi connectivity index (χ1v) is 5.07. The Bertz CT molecular complexity index is 284. The van der Waals surface area contributed by atoms with E-state index < -0.39 is 0 Å². The minimum absolute atomic E-state index is 0.673. The van der Waals surface area contributed by atoms with Crippen molar-refractivity contribution in [2.75, 3.05) is 20.1 Å². The maximum absolute atomic E-state index is 5.88. The zero-order valence-corrected chi connectivity index (χ0v) is 9.46. The minimum Gasteiger partial charge on any atom is -0.330 e. The molecule has 0 saturated heterocycles. The third-order valence-electron chi connectivity index (χ3n) is 2.18. The molecule has 0 radical (unpaired) electrons. The van der Waals surface area contributed by atoms with Crippen LogP contribution in [0.3, 0.4) is 0 Å². The van der Waals surface area contributed by atoms with Gasteiger partial charge in [0.05, 0.1) is 12.7 Å². The molecule has 0 aliphatic rings. The molecule has 4 nitrogen and oxygen atoms in total. The molecule has 0 saturated carbocycles. The largest absolute Gasteiger partial charge is 0.330 e. The van der Waals surface area contributed by atoms with Gasteiger partial charge in [-0.25, -0.2) is 4.98 Å². The van der Waals surface area contributed by atoms with Crippen molar-refractivity contribution in [2.24, 2.45) is 12.8 Å². The molecule has 0 aromatic carbocycles. The summed E-state index contributed by atoms with van der Waals surface area (Å²) in [5.74, 6) is 0.981. The lowest BCUT2D eigenvalue weighted by molar-refractivity contribution is 0.312. The van der Waals surface area contributed by atoms with Gasteiger partial charge in [0.1, 0.15) is 11.0 Å². The lowest BCUT2D eigenvalue weighted by atomic mass is 10.4. The minimum atomic E-state index is 0.673. The molecule has 0 amide bonds. The summed E-state index contributed by atoms with van der Waals surface area (Å²) < 4.78 is 1.89. The highest BCUT2D eigenvalue weighted by Gasteiger charge is 2.06. The highest BCUT2D eigenvalue weighted by molar-refractivity contribution is 6.29. The lowest BCUT2D eigenvalue weighted by Gasteiger charge is -2.15. The Morgan fingerprint density at radius 3 is 2.86 bits per heavy atom. The first kappa shape index (κ1) is 11.5. The van der Waals surface area contributed by atoms with Crippen LogP contribution in [0.5, 0.6) is 0 Å². The van der Waals surface area contributed by atoms with Crippen LogP contribution in [-0.4, -0.2) is 34.6 Å². The molecule has 0 unspecified atom stereocenters. The lowest BCUT2D eigenvalue weighted by Crippen LogP contribution is -2.23. The Labute approximate surface area is 89.7 Å². The fraction of sp³-hybridized carbons (Fsp3) is 0.667. The molecule has 1 rings (SSSR count). The van der Waals surface area contributed by atoms with E-state index in [1.54, 1.807) is 6.20 Å². The van der Waals surface area contributed by atoms with Gasteiger partial charge < -0.3 is 10.3 Å². The van der Waals surface area contributed by atoms with Crippen LogP contribution in [0.1, 0.15) is 12.2 Å². The van der Waals surface area contributed by atoms with Gasteiger partial charge in [-0.3, -0.25) is 4.90 Å². The molecular formula is C9H17ClN4. The van der Waals surface area contributed by atoms with Crippen molar-refractivity contribution in [1.82, 2.24) is 14.5 Å². The predicted octanol–water partition coefficient (Wildman–Crippen LogP) is 0.854. The number of hydrogen-bond donors (Lipinski definition) is 1. The smallest absolute Gasteiger partial charge is 0.128 e. The van der Waals surface area contributed by atoms with E-state index in [2.05, 4.69) is 16.9 Å². The van der Waals surface area contributed by atoms with Crippen LogP contribution in [0.2, 0.25) is 5.15 Å². The van der Waals surface area contributed by atoms with E-state index in [0.29, 0.717) is 5.15 Å². The van der Waals surface area contributed by atoms with Crippen molar-refractivity contribution in [1.29, 1.82) is 0 Å². The molecule has 14 heavy (non-hydrogen) atoms. The predicted molar refractivity (Wildman–Crippen MR) is 58.2 cm³/mol. The third-order valence-corrected chi connectivity index (χ3v) is 2.53. The van der Waals surface area contributed by atoms with Crippen molar-refractivity contribution in [3.05, 3.63) is 17.2 Å². The van der Waals surface area contributed by atoms with Crippen LogP contribution in [0, 0.1) is 0 Å². The van der Waals surface area contributed by atoms with Crippen LogP contribution in [0.25, 0.3) is 0 Å². The second kappa shape index (κ2) is 5.34. The summed E-state index contributed by atoms with van der Waals surface area (Å²) in [5.41, 5.74) is 5.44. The number of halogens is 1. The van der Waals surface area contributed by atoms with Gasteiger partial charge in [-0.15, -0.1) is 0 Å². The molecule has 80 valence electrons. The average molecular weight is 217 g/mol. The van der Waals surface area contributed by atoms with Gasteiger partial charge in [-0.2, -0.15) is 0 Å². The zero-order valence-electron chi connectivity index (χ0n) is 8.70. The maximum atomic E-state index is 5.88. The second-order valence-corrected chi connectivity index (χ2v) is 3.82. The van der Waals surface area contributed by atoms with Gasteiger partial charge in [0.25, 0.3) is 0 Å². The zero-order chi connectivity index (χ0) is 10.6. The Hall–Kier alpha value is -0.580. The fourth-order valence-corrected chi connectivity index (χ4v) is 1.40. The number of hydrogen-bond acceptors (Lipinski definition) is 3. The molecule has 0 aliphatic heterocycles. The molecule has 0 aliphatic carbocycles. The van der Waals surface area contributed by atoms with E-state index in [-0.39, 0.29) is 0 Å². The normalized spacial score (nSPS) is 11.2. The average Bonchev–Trinajstić information content (AvgIpc) is 2.46. The van der Waals surface area contributed by atoms with Gasteiger partial charge in [-0.05, 0) is 26.6 Å². The van der Waals surface area contributed by atoms with Crippen LogP contribution in [-0.2, 0) is 13.6 Å². The number of aromatic nitrogens is 2. The van der Waals surface area contributed by atoms with Crippen molar-refractivity contribution < 1.29 is 0 Å². The van der Waals surface area contributed by atoms with Crippen LogP contribution >= 0.6 is 11.6 Å². The highest BCUT2D eigenvalue weighted by atomic mass is 35.5. The first-order chi connectivity index (χ1) is 6.65. The number of nitrogens with zero attached hydrogens (tertiary/aromatic N) is 3. The highest BCUT2D eigenvalue weighted by Crippen LogP contribution is 2.10. The molecule has 1 aromatic heterocycles. The molecule has 2 N–H and O–H groups in total. The van der Waals surface area contributed by atoms with Crippen molar-refractivity contribution in [3.63, 3.8) is 0 Å². The Morgan fingerprint density at radius 1 is 1.64 bits per heavy atom. The summed E-state index contributed by atoms with van der Waals surface area (Å²) in [7, 11) is 3.97. The van der Waals surface area contributed by atoms with Gasteiger partial charge in [0, 0.05) is 7.05 Å². The van der Waals surface area contributed by atoms with Crippen LogP contribution in [0.4, 0.5) is 0 Å². The van der Waals surface area contributed by atoms with E-state index in [0.717, 1.165) is 31.9 Å². The monoisotopic (exact) mass is 216 g/mol. The third kappa shape index (κ3) is 2.97. The van der Waals surface area contributed by atoms with E-state index in [1.807, 2.05) is 11.6 Å². The molecule has 0 spiro atoms. The number of imidazole rings is 1. The molecular weight excluding hydrogens is 200 g/mol. The van der Waals surface area contributed by atoms with Crippen LogP contribution in [0.15, 0.2) is 6.20 Å². The second-order valence-electron chi connectivity index (χ2n) is 3.44. The standard InChI is InChI=1S/C9H17ClN4/c1-13(5-3-4-11)7-9-12-6-8(10)14(9)2/h6H,3-5,7,11H2,1-2H3. The van der Waals surface area contributed by atoms with Gasteiger partial charge in [-0.1, -0.05) is 11.6 Å². The maximum Gasteiger partial charge on any atom is 0.128 e. The van der Waals surface area contributed by atoms with E-state index >= 15 is 0 Å². The first-order valence-electron chi connectivity index (χ1n) is 4.70. The SMILES string of the molecule is CN(CCCN)Cc1ncc(Cl)n1C. The summed E-state index contributed by atoms with van der Waals surface area (Å²) in [6.45, 7) is 2.52. The van der Waals surface area contributed by atoms with E-state index in [1.165, 1.54) is 0 Å². The Kier molecular flexibility index (Phi) is 4.38. The molecule has 0 fully saturated rings. The molecule has 1 aromatic rings. The summed E-state index contributed by atoms with van der Waals surface area (Å²) in [4.78, 5) is 6.41. The summed E-state index contributed by atoms with van der Waals surface area (Å²) in [6.07, 6.45) is 2.68. The topological polar surface area (TPSA) is 47.1 Å². The molecule has 1 heterocycles. The number of nitrogens with two attached hydrogens (primary N) is 1. The Morgan fingerprint density at radius 2 is 2.36 bits per heavy atom.